The minimum Gasteiger partial charge on any atom is -0.758 e. The van der Waals surface area contributed by atoms with Gasteiger partial charge in [0.15, 0.2) is 12.4 Å². The summed E-state index contributed by atoms with van der Waals surface area (Å²) in [6.45, 7) is 8.96. The summed E-state index contributed by atoms with van der Waals surface area (Å²) in [6, 6.07) is 10.8. The van der Waals surface area contributed by atoms with Gasteiger partial charge in [0.25, 0.3) is 0 Å². The number of Topliss-reactive ketones (excluding diaryl/α,β-unsaturated/α-hetero) is 1. The number of aromatic nitrogens is 1. The van der Waals surface area contributed by atoms with Crippen LogP contribution in [0.3, 0.4) is 0 Å². The monoisotopic (exact) mass is 418 g/mol. The second kappa shape index (κ2) is 8.19. The van der Waals surface area contributed by atoms with Crippen LogP contribution in [-0.2, 0) is 18.0 Å². The lowest BCUT2D eigenvalue weighted by Gasteiger charge is -2.21. The first-order valence-corrected chi connectivity index (χ1v) is 9.46. The van der Waals surface area contributed by atoms with E-state index in [0.717, 1.165) is 4.47 Å². The van der Waals surface area contributed by atoms with Crippen LogP contribution in [-0.4, -0.2) is 17.4 Å². The number of ketones is 1. The molecule has 3 nitrogen and oxygen atoms in total. The Morgan fingerprint density at radius 2 is 1.88 bits per heavy atom. The first-order valence-electron chi connectivity index (χ1n) is 8.26. The number of benzene rings is 1. The maximum Gasteiger partial charge on any atom is 0.237 e. The Hall–Kier alpha value is -1.59. The van der Waals surface area contributed by atoms with Gasteiger partial charge in [-0.2, -0.15) is 4.57 Å². The van der Waals surface area contributed by atoms with Crippen LogP contribution in [0.25, 0.3) is 0 Å². The normalized spacial score (nSPS) is 13.6. The number of carbonyl (C=O) groups is 1. The van der Waals surface area contributed by atoms with Gasteiger partial charge in [0.1, 0.15) is 0 Å². The zero-order valence-corrected chi connectivity index (χ0v) is 17.4. The van der Waals surface area contributed by atoms with Crippen molar-refractivity contribution in [2.45, 2.75) is 39.2 Å². The minimum atomic E-state index is -0.613. The van der Waals surface area contributed by atoms with E-state index < -0.39 is 6.04 Å². The summed E-state index contributed by atoms with van der Waals surface area (Å²) in [7, 11) is 0. The van der Waals surface area contributed by atoms with Gasteiger partial charge in [-0.05, 0) is 35.1 Å². The first-order chi connectivity index (χ1) is 11.7. The third-order valence-corrected chi connectivity index (χ3v) is 4.77. The Balaban J connectivity index is 2.46. The largest absolute Gasteiger partial charge is 0.758 e. The highest BCUT2D eigenvalue weighted by Gasteiger charge is 2.29. The second-order valence-corrected chi connectivity index (χ2v) is 8.21. The number of carbonyl (C=O) groups excluding carboxylic acids is 1. The molecule has 25 heavy (non-hydrogen) atoms. The Morgan fingerprint density at radius 1 is 1.24 bits per heavy atom. The van der Waals surface area contributed by atoms with Crippen molar-refractivity contribution in [3.8, 4) is 0 Å². The lowest BCUT2D eigenvalue weighted by Crippen LogP contribution is -2.48. The number of pyridine rings is 1. The zero-order chi connectivity index (χ0) is 18.6. The summed E-state index contributed by atoms with van der Waals surface area (Å²) in [5.74, 6) is -0.0583. The molecular weight excluding hydrogens is 396 g/mol. The predicted octanol–water partition coefficient (Wildman–Crippen LogP) is 4.42. The molecule has 1 aromatic heterocycles. The smallest absolute Gasteiger partial charge is 0.237 e. The van der Waals surface area contributed by atoms with Crippen LogP contribution in [0.1, 0.15) is 49.7 Å². The van der Waals surface area contributed by atoms with Gasteiger partial charge in [-0.15, -0.1) is 0 Å². The summed E-state index contributed by atoms with van der Waals surface area (Å²) in [4.78, 5) is 17.4. The Kier molecular flexibility index (Phi) is 6.47. The van der Waals surface area contributed by atoms with E-state index in [9.17, 15) is 4.79 Å². The standard InChI is InChI=1S/C20H23BrN2OS/c1-5-22-19(25)17(18(24)14-7-6-8-16(21)13-14)23-11-9-15(10-12-23)20(2,3)4/h6-13,17H,5H2,1-4H3. The number of hydrogen-bond acceptors (Lipinski definition) is 3. The molecule has 0 saturated carbocycles. The highest BCUT2D eigenvalue weighted by atomic mass is 79.9. The molecule has 1 unspecified atom stereocenters. The summed E-state index contributed by atoms with van der Waals surface area (Å²) < 4.78 is 2.71. The molecule has 2 rings (SSSR count). The van der Waals surface area contributed by atoms with Crippen LogP contribution in [0.5, 0.6) is 0 Å². The minimum absolute atomic E-state index is 0.0528. The summed E-state index contributed by atoms with van der Waals surface area (Å²) in [6.07, 6.45) is 3.83. The molecule has 5 heteroatoms. The topological polar surface area (TPSA) is 33.3 Å². The third-order valence-electron chi connectivity index (χ3n) is 3.92. The molecule has 0 fully saturated rings. The lowest BCUT2D eigenvalue weighted by atomic mass is 9.88. The van der Waals surface area contributed by atoms with Crippen LogP contribution in [0.2, 0.25) is 0 Å². The SMILES string of the molecule is CCN=C([S-])C(C(=O)c1cccc(Br)c1)[n+]1ccc(C(C)(C)C)cc1. The molecule has 0 spiro atoms. The molecule has 1 heterocycles. The Labute approximate surface area is 163 Å². The molecule has 0 N–H and O–H groups in total. The molecule has 2 aromatic rings. The molecule has 0 aliphatic rings. The van der Waals surface area contributed by atoms with E-state index in [-0.39, 0.29) is 11.2 Å². The van der Waals surface area contributed by atoms with Crippen molar-refractivity contribution in [1.29, 1.82) is 0 Å². The van der Waals surface area contributed by atoms with E-state index in [2.05, 4.69) is 41.7 Å². The fraction of sp³-hybridized carbons (Fsp3) is 0.350. The molecule has 0 amide bonds. The van der Waals surface area contributed by atoms with Gasteiger partial charge in [-0.25, -0.2) is 0 Å². The van der Waals surface area contributed by atoms with Gasteiger partial charge >= 0.3 is 0 Å². The van der Waals surface area contributed by atoms with Crippen LogP contribution in [0.4, 0.5) is 0 Å². The van der Waals surface area contributed by atoms with Crippen molar-refractivity contribution in [1.82, 2.24) is 0 Å². The molecule has 0 bridgehead atoms. The number of aliphatic imine (C=N–C) groups is 1. The highest BCUT2D eigenvalue weighted by Crippen LogP contribution is 2.21. The van der Waals surface area contributed by atoms with Crippen LogP contribution >= 0.6 is 15.9 Å². The van der Waals surface area contributed by atoms with E-state index in [0.29, 0.717) is 17.2 Å². The van der Waals surface area contributed by atoms with Gasteiger partial charge in [-0.1, -0.05) is 48.8 Å². The molecule has 1 atom stereocenters. The summed E-state index contributed by atoms with van der Waals surface area (Å²) in [5, 5.41) is 0.404. The van der Waals surface area contributed by atoms with Crippen LogP contribution in [0.15, 0.2) is 58.3 Å². The number of hydrogen-bond donors (Lipinski definition) is 0. The molecule has 0 aliphatic carbocycles. The maximum atomic E-state index is 13.1. The van der Waals surface area contributed by atoms with Crippen molar-refractivity contribution in [2.75, 3.05) is 6.54 Å². The van der Waals surface area contributed by atoms with E-state index in [4.69, 9.17) is 12.6 Å². The van der Waals surface area contributed by atoms with E-state index >= 15 is 0 Å². The van der Waals surface area contributed by atoms with E-state index in [1.807, 2.05) is 54.2 Å². The molecule has 0 saturated heterocycles. The fourth-order valence-electron chi connectivity index (χ4n) is 2.53. The van der Waals surface area contributed by atoms with Gasteiger partial charge in [-0.3, -0.25) is 4.79 Å². The molecule has 0 aliphatic heterocycles. The van der Waals surface area contributed by atoms with Crippen molar-refractivity contribution in [3.05, 3.63) is 64.4 Å². The molecule has 1 aromatic carbocycles. The average molecular weight is 419 g/mol. The van der Waals surface area contributed by atoms with Crippen molar-refractivity contribution in [2.24, 2.45) is 4.99 Å². The van der Waals surface area contributed by atoms with Gasteiger partial charge in [0, 0.05) is 28.7 Å². The number of nitrogens with zero attached hydrogens (tertiary/aromatic N) is 2. The zero-order valence-electron chi connectivity index (χ0n) is 15.0. The van der Waals surface area contributed by atoms with Gasteiger partial charge < -0.3 is 17.6 Å². The summed E-state index contributed by atoms with van der Waals surface area (Å²) in [5.41, 5.74) is 1.87. The van der Waals surface area contributed by atoms with Crippen LogP contribution < -0.4 is 4.57 Å². The van der Waals surface area contributed by atoms with Gasteiger partial charge in [0.05, 0.1) is 0 Å². The second-order valence-electron chi connectivity index (χ2n) is 6.87. The fourth-order valence-corrected chi connectivity index (χ4v) is 3.28. The van der Waals surface area contributed by atoms with E-state index in [1.165, 1.54) is 5.56 Å². The molecule has 132 valence electrons. The lowest BCUT2D eigenvalue weighted by molar-refractivity contribution is -0.692. The van der Waals surface area contributed by atoms with E-state index in [1.54, 1.807) is 6.07 Å². The Morgan fingerprint density at radius 3 is 2.40 bits per heavy atom. The first kappa shape index (κ1) is 19.7. The quantitative estimate of drug-likeness (QED) is 0.236. The molecule has 0 radical (unpaired) electrons. The van der Waals surface area contributed by atoms with Crippen molar-refractivity contribution < 1.29 is 9.36 Å². The van der Waals surface area contributed by atoms with Gasteiger partial charge in [0.2, 0.25) is 11.8 Å². The van der Waals surface area contributed by atoms with Crippen molar-refractivity contribution >= 4 is 39.4 Å². The third kappa shape index (κ3) is 4.95. The van der Waals surface area contributed by atoms with Crippen LogP contribution in [0, 0.1) is 0 Å². The predicted molar refractivity (Wildman–Crippen MR) is 108 cm³/mol. The van der Waals surface area contributed by atoms with Crippen molar-refractivity contribution in [3.63, 3.8) is 0 Å². The molecular formula is C20H23BrN2OS. The maximum absolute atomic E-state index is 13.1. The summed E-state index contributed by atoms with van der Waals surface area (Å²) >= 11 is 8.87. The highest BCUT2D eigenvalue weighted by molar-refractivity contribution is 9.10. The number of rotatable bonds is 5. The average Bonchev–Trinajstić information content (AvgIpc) is 2.55. The number of halogens is 1. The Bertz CT molecular complexity index is 779.